The zero-order valence-electron chi connectivity index (χ0n) is 11.1. The van der Waals surface area contributed by atoms with Gasteiger partial charge in [-0.1, -0.05) is 6.07 Å². The number of carbonyl (C=O) groups is 1. The molecule has 1 saturated heterocycles. The van der Waals surface area contributed by atoms with Crippen LogP contribution in [0.5, 0.6) is 0 Å². The lowest BCUT2D eigenvalue weighted by Gasteiger charge is -2.23. The zero-order chi connectivity index (χ0) is 15.5. The number of hydrogen-bond acceptors (Lipinski definition) is 4. The quantitative estimate of drug-likeness (QED) is 0.888. The van der Waals surface area contributed by atoms with Gasteiger partial charge in [-0.3, -0.25) is 4.79 Å². The molecule has 21 heavy (non-hydrogen) atoms. The zero-order valence-corrected chi connectivity index (χ0v) is 11.1. The number of ether oxygens (including phenoxy) is 2. The lowest BCUT2D eigenvalue weighted by molar-refractivity contribution is -0.142. The molecule has 3 N–H and O–H groups in total. The van der Waals surface area contributed by atoms with Crippen LogP contribution in [0, 0.1) is 0 Å². The molecular formula is C13H15F3N2O3. The van der Waals surface area contributed by atoms with E-state index in [-0.39, 0.29) is 25.4 Å². The molecule has 2 rings (SSSR count). The van der Waals surface area contributed by atoms with Crippen molar-refractivity contribution in [1.29, 1.82) is 0 Å². The molecule has 0 saturated carbocycles. The van der Waals surface area contributed by atoms with E-state index in [0.29, 0.717) is 12.2 Å². The molecule has 1 aliphatic heterocycles. The number of benzene rings is 1. The van der Waals surface area contributed by atoms with E-state index in [9.17, 15) is 18.0 Å². The summed E-state index contributed by atoms with van der Waals surface area (Å²) in [6.45, 7) is 0.601. The molecule has 1 fully saturated rings. The maximum Gasteiger partial charge on any atom is 0.418 e. The molecule has 1 atom stereocenters. The van der Waals surface area contributed by atoms with E-state index in [1.807, 2.05) is 0 Å². The summed E-state index contributed by atoms with van der Waals surface area (Å²) < 4.78 is 49.2. The molecule has 5 nitrogen and oxygen atoms in total. The van der Waals surface area contributed by atoms with Gasteiger partial charge >= 0.3 is 6.18 Å². The largest absolute Gasteiger partial charge is 0.418 e. The number of nitrogens with one attached hydrogen (secondary N) is 1. The van der Waals surface area contributed by atoms with Gasteiger partial charge < -0.3 is 20.5 Å². The van der Waals surface area contributed by atoms with Crippen LogP contribution in [-0.2, 0) is 27.0 Å². The summed E-state index contributed by atoms with van der Waals surface area (Å²) in [5, 5.41) is 2.23. The van der Waals surface area contributed by atoms with Crippen LogP contribution >= 0.6 is 0 Å². The number of rotatable bonds is 3. The molecule has 8 heteroatoms. The molecule has 1 amide bonds. The summed E-state index contributed by atoms with van der Waals surface area (Å²) >= 11 is 0. The maximum absolute atomic E-state index is 13.0. The third-order valence-corrected chi connectivity index (χ3v) is 2.99. The van der Waals surface area contributed by atoms with Crippen molar-refractivity contribution in [1.82, 2.24) is 0 Å². The molecule has 1 aliphatic rings. The first kappa shape index (κ1) is 15.7. The van der Waals surface area contributed by atoms with Crippen LogP contribution in [0.1, 0.15) is 11.1 Å². The number of carbonyl (C=O) groups excluding carboxylic acids is 1. The summed E-state index contributed by atoms with van der Waals surface area (Å²) in [6.07, 6.45) is -5.49. The van der Waals surface area contributed by atoms with Crippen molar-refractivity contribution in [3.8, 4) is 0 Å². The van der Waals surface area contributed by atoms with Crippen LogP contribution in [0.3, 0.4) is 0 Å². The van der Waals surface area contributed by atoms with E-state index < -0.39 is 23.8 Å². The van der Waals surface area contributed by atoms with E-state index in [1.54, 1.807) is 0 Å². The highest BCUT2D eigenvalue weighted by molar-refractivity contribution is 5.95. The Morgan fingerprint density at radius 2 is 2.14 bits per heavy atom. The van der Waals surface area contributed by atoms with Gasteiger partial charge in [0.1, 0.15) is 0 Å². The van der Waals surface area contributed by atoms with E-state index in [1.165, 1.54) is 12.1 Å². The van der Waals surface area contributed by atoms with Gasteiger partial charge in [0.25, 0.3) is 5.91 Å². The Hall–Kier alpha value is -1.64. The van der Waals surface area contributed by atoms with E-state index in [4.69, 9.17) is 15.2 Å². The molecule has 0 bridgehead atoms. The van der Waals surface area contributed by atoms with Crippen molar-refractivity contribution >= 4 is 11.6 Å². The predicted octanol–water partition coefficient (Wildman–Crippen LogP) is 1.52. The fourth-order valence-corrected chi connectivity index (χ4v) is 1.91. The number of nitrogens with two attached hydrogens (primary N) is 1. The number of hydrogen-bond donors (Lipinski definition) is 2. The minimum absolute atomic E-state index is 0.0170. The van der Waals surface area contributed by atoms with Crippen LogP contribution in [0.15, 0.2) is 18.2 Å². The van der Waals surface area contributed by atoms with Crippen LogP contribution in [0.4, 0.5) is 18.9 Å². The highest BCUT2D eigenvalue weighted by Crippen LogP contribution is 2.35. The molecule has 0 aliphatic carbocycles. The second-order valence-electron chi connectivity index (χ2n) is 4.51. The number of alkyl halides is 3. The SMILES string of the molecule is NCc1ccc(NC(=O)C2COCCO2)c(C(F)(F)F)c1. The molecule has 0 aromatic heterocycles. The summed E-state index contributed by atoms with van der Waals surface area (Å²) in [6, 6.07) is 3.55. The van der Waals surface area contributed by atoms with Crippen molar-refractivity contribution in [2.24, 2.45) is 5.73 Å². The smallest absolute Gasteiger partial charge is 0.376 e. The van der Waals surface area contributed by atoms with Gasteiger partial charge in [-0.05, 0) is 17.7 Å². The lowest BCUT2D eigenvalue weighted by atomic mass is 10.1. The Balaban J connectivity index is 2.20. The maximum atomic E-state index is 13.0. The monoisotopic (exact) mass is 304 g/mol. The Bertz CT molecular complexity index is 514. The van der Waals surface area contributed by atoms with Crippen LogP contribution in [0.25, 0.3) is 0 Å². The van der Waals surface area contributed by atoms with Gasteiger partial charge in [0.15, 0.2) is 6.10 Å². The summed E-state index contributed by atoms with van der Waals surface area (Å²) in [5.74, 6) is -0.666. The Morgan fingerprint density at radius 3 is 2.71 bits per heavy atom. The van der Waals surface area contributed by atoms with E-state index in [2.05, 4.69) is 5.32 Å². The molecule has 1 aromatic carbocycles. The minimum Gasteiger partial charge on any atom is -0.376 e. The fourth-order valence-electron chi connectivity index (χ4n) is 1.91. The van der Waals surface area contributed by atoms with Crippen molar-refractivity contribution < 1.29 is 27.4 Å². The van der Waals surface area contributed by atoms with Crippen molar-refractivity contribution in [3.63, 3.8) is 0 Å². The van der Waals surface area contributed by atoms with Crippen LogP contribution in [0.2, 0.25) is 0 Å². The molecular weight excluding hydrogens is 289 g/mol. The average molecular weight is 304 g/mol. The van der Waals surface area contributed by atoms with Gasteiger partial charge in [0.2, 0.25) is 0 Å². The Morgan fingerprint density at radius 1 is 1.38 bits per heavy atom. The van der Waals surface area contributed by atoms with Gasteiger partial charge in [-0.15, -0.1) is 0 Å². The van der Waals surface area contributed by atoms with Gasteiger partial charge in [-0.2, -0.15) is 13.2 Å². The predicted molar refractivity (Wildman–Crippen MR) is 68.5 cm³/mol. The summed E-state index contributed by atoms with van der Waals surface area (Å²) in [7, 11) is 0. The van der Waals surface area contributed by atoms with Crippen molar-refractivity contribution in [3.05, 3.63) is 29.3 Å². The Kier molecular flexibility index (Phi) is 4.81. The highest BCUT2D eigenvalue weighted by Gasteiger charge is 2.35. The van der Waals surface area contributed by atoms with E-state index in [0.717, 1.165) is 6.07 Å². The average Bonchev–Trinajstić information content (AvgIpc) is 2.47. The molecule has 0 radical (unpaired) electrons. The van der Waals surface area contributed by atoms with Gasteiger partial charge in [0.05, 0.1) is 31.1 Å². The van der Waals surface area contributed by atoms with E-state index >= 15 is 0 Å². The topological polar surface area (TPSA) is 73.6 Å². The summed E-state index contributed by atoms with van der Waals surface area (Å²) in [4.78, 5) is 11.9. The lowest BCUT2D eigenvalue weighted by Crippen LogP contribution is -2.39. The highest BCUT2D eigenvalue weighted by atomic mass is 19.4. The summed E-state index contributed by atoms with van der Waals surface area (Å²) in [5.41, 5.74) is 4.41. The van der Waals surface area contributed by atoms with Gasteiger partial charge in [0, 0.05) is 6.54 Å². The van der Waals surface area contributed by atoms with Crippen molar-refractivity contribution in [2.75, 3.05) is 25.1 Å². The first-order valence-corrected chi connectivity index (χ1v) is 6.32. The molecule has 0 spiro atoms. The number of anilines is 1. The molecule has 1 aromatic rings. The molecule has 1 unspecified atom stereocenters. The van der Waals surface area contributed by atoms with Gasteiger partial charge in [-0.25, -0.2) is 0 Å². The first-order valence-electron chi connectivity index (χ1n) is 6.32. The van der Waals surface area contributed by atoms with Crippen LogP contribution < -0.4 is 11.1 Å². The fraction of sp³-hybridized carbons (Fsp3) is 0.462. The minimum atomic E-state index is -4.59. The third-order valence-electron chi connectivity index (χ3n) is 2.99. The number of amides is 1. The Labute approximate surface area is 119 Å². The number of halogens is 3. The normalized spacial score (nSPS) is 19.3. The standard InChI is InChI=1S/C13H15F3N2O3/c14-13(15,16)9-5-8(6-17)1-2-10(9)18-12(19)11-7-20-3-4-21-11/h1-2,5,11H,3-4,6-7,17H2,(H,18,19). The first-order chi connectivity index (χ1) is 9.91. The van der Waals surface area contributed by atoms with Crippen LogP contribution in [-0.4, -0.2) is 31.8 Å². The van der Waals surface area contributed by atoms with Crippen molar-refractivity contribution in [2.45, 2.75) is 18.8 Å². The second kappa shape index (κ2) is 6.42. The third kappa shape index (κ3) is 3.93. The second-order valence-corrected chi connectivity index (χ2v) is 4.51. The molecule has 116 valence electrons. The molecule has 1 heterocycles.